The fraction of sp³-hybridized carbons (Fsp3) is 0.348. The maximum atomic E-state index is 12.9. The third-order valence-corrected chi connectivity index (χ3v) is 6.83. The van der Waals surface area contributed by atoms with Gasteiger partial charge in [-0.15, -0.1) is 11.3 Å². The first kappa shape index (κ1) is 19.8. The van der Waals surface area contributed by atoms with Crippen molar-refractivity contribution in [1.82, 2.24) is 23.8 Å². The maximum Gasteiger partial charge on any atom is 0.274 e. The Kier molecular flexibility index (Phi) is 5.23. The lowest BCUT2D eigenvalue weighted by atomic mass is 9.95. The highest BCUT2D eigenvalue weighted by Crippen LogP contribution is 2.34. The Morgan fingerprint density at radius 3 is 3.00 bits per heavy atom. The fourth-order valence-electron chi connectivity index (χ4n) is 4.34. The summed E-state index contributed by atoms with van der Waals surface area (Å²) in [6, 6.07) is 8.35. The summed E-state index contributed by atoms with van der Waals surface area (Å²) in [4.78, 5) is 25.3. The standard InChI is InChI=1S/C23H26N6OS/c1-3-16-7-4-5-9-18(16)25-23-26-20(22-29(23)11-12-31-22)17-8-6-10-28(13-17)21(30)19-14-27(2)15-24-19/h4-5,7,9,11-12,14-15,17H,3,6,8,10,13H2,1-2H3,(H,25,26)/t17-/m1/s1. The van der Waals surface area contributed by atoms with E-state index in [-0.39, 0.29) is 11.8 Å². The number of fused-ring (bicyclic) bond motifs is 1. The Labute approximate surface area is 185 Å². The van der Waals surface area contributed by atoms with Crippen LogP contribution in [0.3, 0.4) is 0 Å². The number of aromatic nitrogens is 4. The number of rotatable bonds is 5. The number of likely N-dealkylation sites (tertiary alicyclic amines) is 1. The average Bonchev–Trinajstić information content (AvgIpc) is 3.52. The third kappa shape index (κ3) is 3.72. The van der Waals surface area contributed by atoms with Crippen LogP contribution in [0.4, 0.5) is 11.6 Å². The number of thiazole rings is 1. The number of nitrogens with zero attached hydrogens (tertiary/aromatic N) is 5. The van der Waals surface area contributed by atoms with E-state index in [0.29, 0.717) is 12.2 Å². The smallest absolute Gasteiger partial charge is 0.274 e. The Morgan fingerprint density at radius 1 is 1.32 bits per heavy atom. The molecule has 3 aromatic heterocycles. The molecule has 1 saturated heterocycles. The van der Waals surface area contributed by atoms with Gasteiger partial charge in [0.1, 0.15) is 10.5 Å². The number of piperidine rings is 1. The molecule has 4 aromatic rings. The zero-order valence-electron chi connectivity index (χ0n) is 17.8. The molecule has 0 bridgehead atoms. The highest BCUT2D eigenvalue weighted by atomic mass is 32.1. The van der Waals surface area contributed by atoms with Crippen LogP contribution in [0.15, 0.2) is 48.4 Å². The lowest BCUT2D eigenvalue weighted by Gasteiger charge is -2.31. The molecule has 1 atom stereocenters. The first-order valence-corrected chi connectivity index (χ1v) is 11.6. The summed E-state index contributed by atoms with van der Waals surface area (Å²) in [5, 5.41) is 5.63. The van der Waals surface area contributed by atoms with Crippen molar-refractivity contribution in [3.63, 3.8) is 0 Å². The van der Waals surface area contributed by atoms with E-state index >= 15 is 0 Å². The van der Waals surface area contributed by atoms with Crippen LogP contribution in [0, 0.1) is 0 Å². The molecule has 1 aromatic carbocycles. The molecule has 160 valence electrons. The van der Waals surface area contributed by atoms with Crippen LogP contribution in [0.5, 0.6) is 0 Å². The minimum Gasteiger partial charge on any atom is -0.340 e. The number of hydrogen-bond donors (Lipinski definition) is 1. The van der Waals surface area contributed by atoms with E-state index in [9.17, 15) is 4.79 Å². The second-order valence-corrected chi connectivity index (χ2v) is 8.94. The quantitative estimate of drug-likeness (QED) is 0.504. The number of aryl methyl sites for hydroxylation is 2. The molecule has 0 spiro atoms. The molecule has 5 rings (SSSR count). The Hall–Kier alpha value is -3.13. The van der Waals surface area contributed by atoms with Gasteiger partial charge in [0.15, 0.2) is 0 Å². The van der Waals surface area contributed by atoms with E-state index in [4.69, 9.17) is 4.98 Å². The van der Waals surface area contributed by atoms with Crippen LogP contribution in [0.25, 0.3) is 4.83 Å². The molecule has 0 radical (unpaired) electrons. The second kappa shape index (κ2) is 8.19. The molecule has 0 aliphatic carbocycles. The SMILES string of the molecule is CCc1ccccc1Nc1nc([C@@H]2CCCN(C(=O)c3cn(C)cn3)C2)c2sccn12. The van der Waals surface area contributed by atoms with Crippen molar-refractivity contribution >= 4 is 33.7 Å². The zero-order chi connectivity index (χ0) is 21.4. The van der Waals surface area contributed by atoms with E-state index in [1.165, 1.54) is 5.56 Å². The van der Waals surface area contributed by atoms with Crippen molar-refractivity contribution in [2.75, 3.05) is 18.4 Å². The van der Waals surface area contributed by atoms with Gasteiger partial charge in [0.05, 0.1) is 12.0 Å². The summed E-state index contributed by atoms with van der Waals surface area (Å²) >= 11 is 1.70. The van der Waals surface area contributed by atoms with Gasteiger partial charge in [-0.05, 0) is 30.9 Å². The summed E-state index contributed by atoms with van der Waals surface area (Å²) in [6.07, 6.45) is 8.48. The van der Waals surface area contributed by atoms with Crippen LogP contribution >= 0.6 is 11.3 Å². The summed E-state index contributed by atoms with van der Waals surface area (Å²) in [5.41, 5.74) is 3.93. The van der Waals surface area contributed by atoms with Crippen LogP contribution in [-0.4, -0.2) is 42.8 Å². The molecule has 1 aliphatic rings. The van der Waals surface area contributed by atoms with Gasteiger partial charge in [0, 0.05) is 49.5 Å². The van der Waals surface area contributed by atoms with Crippen LogP contribution in [-0.2, 0) is 13.5 Å². The number of imidazole rings is 2. The Balaban J connectivity index is 1.42. The molecule has 1 N–H and O–H groups in total. The first-order valence-electron chi connectivity index (χ1n) is 10.7. The van der Waals surface area contributed by atoms with Gasteiger partial charge in [-0.3, -0.25) is 9.20 Å². The fourth-order valence-corrected chi connectivity index (χ4v) is 5.25. The van der Waals surface area contributed by atoms with Gasteiger partial charge in [0.2, 0.25) is 5.95 Å². The van der Waals surface area contributed by atoms with Crippen molar-refractivity contribution in [3.8, 4) is 0 Å². The van der Waals surface area contributed by atoms with E-state index in [2.05, 4.69) is 51.4 Å². The second-order valence-electron chi connectivity index (χ2n) is 8.05. The summed E-state index contributed by atoms with van der Waals surface area (Å²) in [6.45, 7) is 3.60. The summed E-state index contributed by atoms with van der Waals surface area (Å²) < 4.78 is 3.94. The van der Waals surface area contributed by atoms with Crippen LogP contribution in [0.2, 0.25) is 0 Å². The largest absolute Gasteiger partial charge is 0.340 e. The number of carbonyl (C=O) groups excluding carboxylic acids is 1. The number of nitrogens with one attached hydrogen (secondary N) is 1. The average molecular weight is 435 g/mol. The van der Waals surface area contributed by atoms with E-state index < -0.39 is 0 Å². The molecular weight excluding hydrogens is 408 g/mol. The molecule has 31 heavy (non-hydrogen) atoms. The van der Waals surface area contributed by atoms with E-state index in [0.717, 1.165) is 48.0 Å². The number of amides is 1. The first-order chi connectivity index (χ1) is 15.1. The highest BCUT2D eigenvalue weighted by molar-refractivity contribution is 7.15. The van der Waals surface area contributed by atoms with E-state index in [1.54, 1.807) is 23.9 Å². The number of benzene rings is 1. The third-order valence-electron chi connectivity index (χ3n) is 5.95. The lowest BCUT2D eigenvalue weighted by Crippen LogP contribution is -2.39. The van der Waals surface area contributed by atoms with Gasteiger partial charge in [-0.2, -0.15) is 0 Å². The molecule has 0 unspecified atom stereocenters. The lowest BCUT2D eigenvalue weighted by molar-refractivity contribution is 0.0701. The highest BCUT2D eigenvalue weighted by Gasteiger charge is 2.30. The van der Waals surface area contributed by atoms with E-state index in [1.807, 2.05) is 22.6 Å². The van der Waals surface area contributed by atoms with Gasteiger partial charge in [0.25, 0.3) is 5.91 Å². The van der Waals surface area contributed by atoms with Gasteiger partial charge in [-0.1, -0.05) is 25.1 Å². The molecule has 1 aliphatic heterocycles. The monoisotopic (exact) mass is 434 g/mol. The van der Waals surface area contributed by atoms with Crippen LogP contribution < -0.4 is 5.32 Å². The minimum absolute atomic E-state index is 0.00199. The minimum atomic E-state index is 0.00199. The van der Waals surface area contributed by atoms with Gasteiger partial charge >= 0.3 is 0 Å². The van der Waals surface area contributed by atoms with Crippen LogP contribution in [0.1, 0.15) is 47.4 Å². The molecule has 0 saturated carbocycles. The summed E-state index contributed by atoms with van der Waals surface area (Å²) in [7, 11) is 1.88. The normalized spacial score (nSPS) is 16.7. The number of carbonyl (C=O) groups is 1. The Bertz CT molecular complexity index is 1220. The number of para-hydroxylation sites is 1. The van der Waals surface area contributed by atoms with Crippen molar-refractivity contribution < 1.29 is 4.79 Å². The molecule has 8 heteroatoms. The molecule has 1 fully saturated rings. The number of anilines is 2. The van der Waals surface area contributed by atoms with Crippen molar-refractivity contribution in [1.29, 1.82) is 0 Å². The van der Waals surface area contributed by atoms with Crippen molar-refractivity contribution in [2.24, 2.45) is 7.05 Å². The predicted molar refractivity (Wildman–Crippen MR) is 123 cm³/mol. The van der Waals surface area contributed by atoms with Crippen molar-refractivity contribution in [2.45, 2.75) is 32.1 Å². The Morgan fingerprint density at radius 2 is 2.19 bits per heavy atom. The topological polar surface area (TPSA) is 67.5 Å². The summed E-state index contributed by atoms with van der Waals surface area (Å²) in [5.74, 6) is 1.05. The maximum absolute atomic E-state index is 12.9. The molecule has 7 nitrogen and oxygen atoms in total. The molecule has 1 amide bonds. The van der Waals surface area contributed by atoms with Gasteiger partial charge in [-0.25, -0.2) is 9.97 Å². The number of hydrogen-bond acceptors (Lipinski definition) is 5. The predicted octanol–water partition coefficient (Wildman–Crippen LogP) is 4.46. The molecule has 4 heterocycles. The zero-order valence-corrected chi connectivity index (χ0v) is 18.6. The molecular formula is C23H26N6OS. The van der Waals surface area contributed by atoms with Crippen molar-refractivity contribution in [3.05, 3.63) is 65.3 Å². The van der Waals surface area contributed by atoms with Gasteiger partial charge < -0.3 is 14.8 Å².